The highest BCUT2D eigenvalue weighted by Crippen LogP contribution is 2.30. The Morgan fingerprint density at radius 1 is 1.15 bits per heavy atom. The number of carbonyl (C=O) groups excluding carboxylic acids is 1. The summed E-state index contributed by atoms with van der Waals surface area (Å²) in [7, 11) is 1.79. The number of carbonyl (C=O) groups is 1. The molecule has 2 heterocycles. The highest BCUT2D eigenvalue weighted by molar-refractivity contribution is 5.97. The van der Waals surface area contributed by atoms with Gasteiger partial charge >= 0.3 is 0 Å². The van der Waals surface area contributed by atoms with Crippen LogP contribution < -0.4 is 20.3 Å². The van der Waals surface area contributed by atoms with Gasteiger partial charge in [0.15, 0.2) is 11.5 Å². The molecule has 0 radical (unpaired) electrons. The summed E-state index contributed by atoms with van der Waals surface area (Å²) in [6.07, 6.45) is 3.00. The maximum atomic E-state index is 12.6. The standard InChI is InChI=1S/C20H17N3O4/c1-23-12-15(19(24)14-4-2-3-5-16(14)23)20(25)22-21-11-13-6-7-17-18(10-13)27-9-8-26-17/h2-7,10-12H,8-9H2,1H3,(H,22,25)/b21-11+. The number of nitrogens with one attached hydrogen (secondary N) is 1. The Labute approximate surface area is 154 Å². The number of hydrogen-bond donors (Lipinski definition) is 1. The summed E-state index contributed by atoms with van der Waals surface area (Å²) in [5.41, 5.74) is 3.62. The molecule has 1 aliphatic rings. The molecule has 0 atom stereocenters. The Morgan fingerprint density at radius 2 is 1.93 bits per heavy atom. The monoisotopic (exact) mass is 363 g/mol. The van der Waals surface area contributed by atoms with Crippen molar-refractivity contribution in [2.24, 2.45) is 12.1 Å². The molecule has 1 amide bonds. The van der Waals surface area contributed by atoms with E-state index in [9.17, 15) is 9.59 Å². The van der Waals surface area contributed by atoms with Gasteiger partial charge in [-0.25, -0.2) is 5.43 Å². The number of para-hydroxylation sites is 1. The van der Waals surface area contributed by atoms with E-state index in [0.29, 0.717) is 30.1 Å². The van der Waals surface area contributed by atoms with Gasteiger partial charge in [-0.2, -0.15) is 5.10 Å². The van der Waals surface area contributed by atoms with Gasteiger partial charge in [-0.3, -0.25) is 9.59 Å². The smallest absolute Gasteiger partial charge is 0.276 e. The van der Waals surface area contributed by atoms with E-state index < -0.39 is 5.91 Å². The Morgan fingerprint density at radius 3 is 2.78 bits per heavy atom. The molecule has 2 aromatic carbocycles. The lowest BCUT2D eigenvalue weighted by atomic mass is 10.1. The third-order valence-electron chi connectivity index (χ3n) is 4.29. The zero-order chi connectivity index (χ0) is 18.8. The summed E-state index contributed by atoms with van der Waals surface area (Å²) in [5, 5.41) is 4.44. The minimum atomic E-state index is -0.560. The van der Waals surface area contributed by atoms with E-state index in [1.54, 1.807) is 41.9 Å². The number of pyridine rings is 1. The second-order valence-electron chi connectivity index (χ2n) is 6.10. The second kappa shape index (κ2) is 6.95. The first-order chi connectivity index (χ1) is 13.1. The van der Waals surface area contributed by atoms with E-state index >= 15 is 0 Å². The van der Waals surface area contributed by atoms with Gasteiger partial charge in [0.1, 0.15) is 18.8 Å². The van der Waals surface area contributed by atoms with Crippen molar-refractivity contribution < 1.29 is 14.3 Å². The summed E-state index contributed by atoms with van der Waals surface area (Å²) in [6.45, 7) is 1.02. The van der Waals surface area contributed by atoms with E-state index in [-0.39, 0.29) is 11.0 Å². The normalized spacial score (nSPS) is 13.1. The van der Waals surface area contributed by atoms with Gasteiger partial charge in [-0.1, -0.05) is 12.1 Å². The number of aryl methyl sites for hydroxylation is 1. The summed E-state index contributed by atoms with van der Waals surface area (Å²) in [5.74, 6) is 0.761. The van der Waals surface area contributed by atoms with Crippen molar-refractivity contribution in [3.05, 3.63) is 70.0 Å². The first kappa shape index (κ1) is 16.8. The van der Waals surface area contributed by atoms with Crippen LogP contribution in [0.5, 0.6) is 11.5 Å². The Hall–Kier alpha value is -3.61. The van der Waals surface area contributed by atoms with Gasteiger partial charge in [-0.05, 0) is 35.9 Å². The van der Waals surface area contributed by atoms with E-state index in [0.717, 1.165) is 11.1 Å². The minimum Gasteiger partial charge on any atom is -0.486 e. The van der Waals surface area contributed by atoms with Crippen molar-refractivity contribution >= 4 is 23.0 Å². The number of nitrogens with zero attached hydrogens (tertiary/aromatic N) is 2. The van der Waals surface area contributed by atoms with Gasteiger partial charge in [0, 0.05) is 18.6 Å². The van der Waals surface area contributed by atoms with Crippen LogP contribution in [0.1, 0.15) is 15.9 Å². The average Bonchev–Trinajstić information content (AvgIpc) is 2.70. The summed E-state index contributed by atoms with van der Waals surface area (Å²) in [4.78, 5) is 25.0. The van der Waals surface area contributed by atoms with Crippen molar-refractivity contribution in [1.82, 2.24) is 9.99 Å². The maximum Gasteiger partial charge on any atom is 0.276 e. The van der Waals surface area contributed by atoms with Crippen LogP contribution in [0.25, 0.3) is 10.9 Å². The molecule has 0 aliphatic carbocycles. The fourth-order valence-corrected chi connectivity index (χ4v) is 2.97. The molecule has 4 rings (SSSR count). The van der Waals surface area contributed by atoms with Crippen molar-refractivity contribution in [2.75, 3.05) is 13.2 Å². The van der Waals surface area contributed by atoms with Crippen LogP contribution in [-0.2, 0) is 7.05 Å². The first-order valence-corrected chi connectivity index (χ1v) is 8.45. The lowest BCUT2D eigenvalue weighted by Gasteiger charge is -2.18. The van der Waals surface area contributed by atoms with E-state index in [1.165, 1.54) is 12.4 Å². The number of ether oxygens (including phenoxy) is 2. The lowest BCUT2D eigenvalue weighted by molar-refractivity contribution is 0.0953. The third-order valence-corrected chi connectivity index (χ3v) is 4.29. The van der Waals surface area contributed by atoms with Crippen LogP contribution in [0.4, 0.5) is 0 Å². The predicted molar refractivity (Wildman–Crippen MR) is 102 cm³/mol. The molecule has 0 unspecified atom stereocenters. The maximum absolute atomic E-state index is 12.6. The zero-order valence-electron chi connectivity index (χ0n) is 14.6. The number of fused-ring (bicyclic) bond motifs is 2. The molecule has 7 heteroatoms. The van der Waals surface area contributed by atoms with E-state index in [2.05, 4.69) is 10.5 Å². The fourth-order valence-electron chi connectivity index (χ4n) is 2.97. The predicted octanol–water partition coefficient (Wildman–Crippen LogP) is 2.07. The first-order valence-electron chi connectivity index (χ1n) is 8.45. The zero-order valence-corrected chi connectivity index (χ0v) is 14.6. The number of hydrazone groups is 1. The van der Waals surface area contributed by atoms with Crippen molar-refractivity contribution in [3.8, 4) is 11.5 Å². The van der Waals surface area contributed by atoms with Crippen LogP contribution >= 0.6 is 0 Å². The third kappa shape index (κ3) is 3.27. The molecule has 7 nitrogen and oxygen atoms in total. The van der Waals surface area contributed by atoms with Crippen LogP contribution in [0, 0.1) is 0 Å². The molecule has 0 fully saturated rings. The Balaban J connectivity index is 1.55. The van der Waals surface area contributed by atoms with Crippen LogP contribution in [0.3, 0.4) is 0 Å². The topological polar surface area (TPSA) is 81.9 Å². The summed E-state index contributed by atoms with van der Waals surface area (Å²) in [6, 6.07) is 12.5. The number of amides is 1. The van der Waals surface area contributed by atoms with Crippen molar-refractivity contribution in [1.29, 1.82) is 0 Å². The van der Waals surface area contributed by atoms with Crippen molar-refractivity contribution in [3.63, 3.8) is 0 Å². The highest BCUT2D eigenvalue weighted by Gasteiger charge is 2.14. The summed E-state index contributed by atoms with van der Waals surface area (Å²) < 4.78 is 12.7. The van der Waals surface area contributed by atoms with Crippen molar-refractivity contribution in [2.45, 2.75) is 0 Å². The molecule has 0 saturated carbocycles. The molecule has 1 aliphatic heterocycles. The fraction of sp³-hybridized carbons (Fsp3) is 0.150. The average molecular weight is 363 g/mol. The molecular weight excluding hydrogens is 346 g/mol. The molecule has 0 spiro atoms. The van der Waals surface area contributed by atoms with E-state index in [1.807, 2.05) is 12.1 Å². The summed E-state index contributed by atoms with van der Waals surface area (Å²) >= 11 is 0. The van der Waals surface area contributed by atoms with Gasteiger partial charge in [0.25, 0.3) is 5.91 Å². The lowest BCUT2D eigenvalue weighted by Crippen LogP contribution is -2.26. The molecule has 1 N–H and O–H groups in total. The molecule has 1 aromatic heterocycles. The second-order valence-corrected chi connectivity index (χ2v) is 6.10. The molecule has 0 saturated heterocycles. The number of benzene rings is 2. The Kier molecular flexibility index (Phi) is 4.33. The van der Waals surface area contributed by atoms with E-state index in [4.69, 9.17) is 9.47 Å². The van der Waals surface area contributed by atoms with Gasteiger partial charge in [-0.15, -0.1) is 0 Å². The van der Waals surface area contributed by atoms with Crippen LogP contribution in [0.2, 0.25) is 0 Å². The minimum absolute atomic E-state index is 0.0375. The Bertz CT molecular complexity index is 1120. The number of hydrogen-bond acceptors (Lipinski definition) is 5. The number of rotatable bonds is 3. The molecule has 3 aromatic rings. The molecule has 0 bridgehead atoms. The largest absolute Gasteiger partial charge is 0.486 e. The van der Waals surface area contributed by atoms with Crippen LogP contribution in [-0.4, -0.2) is 29.9 Å². The number of aromatic nitrogens is 1. The van der Waals surface area contributed by atoms with Gasteiger partial charge < -0.3 is 14.0 Å². The molecular formula is C20H17N3O4. The SMILES string of the molecule is Cn1cc(C(=O)N/N=C/c2ccc3c(c2)OCCO3)c(=O)c2ccccc21. The quantitative estimate of drug-likeness (QED) is 0.571. The van der Waals surface area contributed by atoms with Gasteiger partial charge in [0.05, 0.1) is 11.7 Å². The van der Waals surface area contributed by atoms with Gasteiger partial charge in [0.2, 0.25) is 5.43 Å². The molecule has 27 heavy (non-hydrogen) atoms. The van der Waals surface area contributed by atoms with Crippen LogP contribution in [0.15, 0.2) is 58.6 Å². The highest BCUT2D eigenvalue weighted by atomic mass is 16.6. The molecule has 136 valence electrons.